The number of hydrazine groups is 1. The van der Waals surface area contributed by atoms with E-state index in [1.165, 1.54) is 24.3 Å². The Hall–Kier alpha value is -3.15. The molecule has 2 aromatic rings. The number of halogens is 1. The number of carbonyl (C=O) groups excluding carboxylic acids is 3. The molecule has 2 aliphatic rings. The molecule has 1 atom stereocenters. The quantitative estimate of drug-likeness (QED) is 0.460. The Labute approximate surface area is 193 Å². The van der Waals surface area contributed by atoms with Gasteiger partial charge in [0.25, 0.3) is 17.0 Å². The Morgan fingerprint density at radius 2 is 2.03 bits per heavy atom. The van der Waals surface area contributed by atoms with Crippen molar-refractivity contribution in [1.82, 2.24) is 25.9 Å². The lowest BCUT2D eigenvalue weighted by Gasteiger charge is -2.33. The molecule has 1 aromatic carbocycles. The molecule has 176 valence electrons. The van der Waals surface area contributed by atoms with Crippen LogP contribution < -0.4 is 15.5 Å². The van der Waals surface area contributed by atoms with Crippen LogP contribution in [0, 0.1) is 11.7 Å². The summed E-state index contributed by atoms with van der Waals surface area (Å²) in [5.41, 5.74) is 1.44. The number of hydrogen-bond acceptors (Lipinski definition) is 8. The van der Waals surface area contributed by atoms with Crippen LogP contribution in [0.25, 0.3) is 0 Å². The first-order valence-electron chi connectivity index (χ1n) is 10.6. The monoisotopic (exact) mass is 477 g/mol. The Morgan fingerprint density at radius 1 is 1.33 bits per heavy atom. The van der Waals surface area contributed by atoms with E-state index in [-0.39, 0.29) is 22.7 Å². The third-order valence-corrected chi connectivity index (χ3v) is 6.57. The summed E-state index contributed by atoms with van der Waals surface area (Å²) in [6, 6.07) is 4.89. The fourth-order valence-electron chi connectivity index (χ4n) is 3.81. The van der Waals surface area contributed by atoms with E-state index < -0.39 is 29.5 Å². The number of hydrogen-bond donors (Lipinski definition) is 2. The van der Waals surface area contributed by atoms with Crippen molar-refractivity contribution in [3.63, 3.8) is 0 Å². The highest BCUT2D eigenvalue weighted by Gasteiger charge is 2.52. The first-order valence-corrected chi connectivity index (χ1v) is 11.6. The van der Waals surface area contributed by atoms with Gasteiger partial charge in [-0.05, 0) is 62.8 Å². The number of carbonyl (C=O) groups is 3. The standard InChI is InChI=1S/C21H24FN5O5S/c1-12-7-9-21(10-8-12)18(29)27(19(30)23-21)26-16(28)11-33-20-25-24-17(32-20)13(2)31-15-5-3-14(22)4-6-15/h3-6,12-13H,7-11H2,1-2H3,(H,23,30)(H,26,28)/t12?,13-,21?/m0/s1. The molecular formula is C21H24FN5O5S. The van der Waals surface area contributed by atoms with E-state index in [0.717, 1.165) is 29.6 Å². The fourth-order valence-corrected chi connectivity index (χ4v) is 4.37. The van der Waals surface area contributed by atoms with Crippen molar-refractivity contribution in [2.45, 2.75) is 56.4 Å². The molecule has 0 radical (unpaired) electrons. The summed E-state index contributed by atoms with van der Waals surface area (Å²) >= 11 is 0.961. The summed E-state index contributed by atoms with van der Waals surface area (Å²) in [5.74, 6) is -0.371. The number of benzene rings is 1. The summed E-state index contributed by atoms with van der Waals surface area (Å²) in [6.45, 7) is 3.81. The van der Waals surface area contributed by atoms with Gasteiger partial charge in [0.2, 0.25) is 5.91 Å². The summed E-state index contributed by atoms with van der Waals surface area (Å²) in [4.78, 5) is 37.4. The Bertz CT molecular complexity index is 1040. The van der Waals surface area contributed by atoms with Crippen molar-refractivity contribution in [3.05, 3.63) is 36.0 Å². The van der Waals surface area contributed by atoms with Gasteiger partial charge in [0, 0.05) is 0 Å². The second-order valence-electron chi connectivity index (χ2n) is 8.28. The highest BCUT2D eigenvalue weighted by molar-refractivity contribution is 7.99. The molecule has 1 aliphatic carbocycles. The van der Waals surface area contributed by atoms with Crippen molar-refractivity contribution in [1.29, 1.82) is 0 Å². The molecule has 2 fully saturated rings. The van der Waals surface area contributed by atoms with Gasteiger partial charge in [-0.25, -0.2) is 9.18 Å². The average Bonchev–Trinajstić information content (AvgIpc) is 3.35. The largest absolute Gasteiger partial charge is 0.481 e. The number of amides is 4. The molecule has 1 saturated heterocycles. The summed E-state index contributed by atoms with van der Waals surface area (Å²) in [7, 11) is 0. The van der Waals surface area contributed by atoms with E-state index in [0.29, 0.717) is 24.5 Å². The van der Waals surface area contributed by atoms with Crippen molar-refractivity contribution in [2.24, 2.45) is 5.92 Å². The average molecular weight is 478 g/mol. The van der Waals surface area contributed by atoms with E-state index in [1.807, 2.05) is 0 Å². The van der Waals surface area contributed by atoms with Crippen LogP contribution in [0.15, 0.2) is 33.9 Å². The lowest BCUT2D eigenvalue weighted by atomic mass is 9.77. The van der Waals surface area contributed by atoms with E-state index >= 15 is 0 Å². The van der Waals surface area contributed by atoms with E-state index in [4.69, 9.17) is 9.15 Å². The maximum atomic E-state index is 13.0. The molecule has 4 amide bonds. The molecule has 10 nitrogen and oxygen atoms in total. The van der Waals surface area contributed by atoms with Gasteiger partial charge < -0.3 is 14.5 Å². The minimum absolute atomic E-state index is 0.129. The van der Waals surface area contributed by atoms with Crippen LogP contribution in [0.5, 0.6) is 5.75 Å². The Kier molecular flexibility index (Phi) is 6.54. The normalized spacial score (nSPS) is 23.5. The molecule has 1 saturated carbocycles. The van der Waals surface area contributed by atoms with Gasteiger partial charge in [-0.2, -0.15) is 5.01 Å². The molecule has 0 unspecified atom stereocenters. The zero-order valence-electron chi connectivity index (χ0n) is 18.2. The van der Waals surface area contributed by atoms with Crippen molar-refractivity contribution in [2.75, 3.05) is 5.75 Å². The first-order chi connectivity index (χ1) is 15.8. The third kappa shape index (κ3) is 5.10. The highest BCUT2D eigenvalue weighted by atomic mass is 32.2. The number of thioether (sulfide) groups is 1. The molecule has 0 bridgehead atoms. The molecule has 12 heteroatoms. The van der Waals surface area contributed by atoms with Gasteiger partial charge in [0.05, 0.1) is 5.75 Å². The van der Waals surface area contributed by atoms with Crippen molar-refractivity contribution >= 4 is 29.6 Å². The van der Waals surface area contributed by atoms with Crippen molar-refractivity contribution in [3.8, 4) is 5.75 Å². The van der Waals surface area contributed by atoms with Crippen LogP contribution in [0.1, 0.15) is 51.5 Å². The number of aromatic nitrogens is 2. The Balaban J connectivity index is 1.28. The number of nitrogens with one attached hydrogen (secondary N) is 2. The van der Waals surface area contributed by atoms with Crippen LogP contribution >= 0.6 is 11.8 Å². The van der Waals surface area contributed by atoms with Crippen molar-refractivity contribution < 1.29 is 27.9 Å². The van der Waals surface area contributed by atoms with E-state index in [2.05, 4.69) is 27.9 Å². The number of imide groups is 1. The van der Waals surface area contributed by atoms with Gasteiger partial charge in [0.15, 0.2) is 6.10 Å². The predicted octanol–water partition coefficient (Wildman–Crippen LogP) is 2.97. The van der Waals surface area contributed by atoms with Gasteiger partial charge in [-0.3, -0.25) is 15.0 Å². The van der Waals surface area contributed by atoms with Gasteiger partial charge in [-0.15, -0.1) is 10.2 Å². The molecular weight excluding hydrogens is 453 g/mol. The fraction of sp³-hybridized carbons (Fsp3) is 0.476. The second kappa shape index (κ2) is 9.38. The maximum Gasteiger partial charge on any atom is 0.344 e. The molecule has 1 aromatic heterocycles. The summed E-state index contributed by atoms with van der Waals surface area (Å²) in [5, 5.41) is 11.4. The van der Waals surface area contributed by atoms with Crippen LogP contribution in [0.3, 0.4) is 0 Å². The SMILES string of the molecule is CC1CCC2(CC1)NC(=O)N(NC(=O)CSc1nnc([C@H](C)Oc3ccc(F)cc3)o1)C2=O. The lowest BCUT2D eigenvalue weighted by Crippen LogP contribution is -2.51. The molecule has 33 heavy (non-hydrogen) atoms. The van der Waals surface area contributed by atoms with Gasteiger partial charge in [-0.1, -0.05) is 18.7 Å². The summed E-state index contributed by atoms with van der Waals surface area (Å²) < 4.78 is 24.1. The molecule has 2 heterocycles. The smallest absolute Gasteiger partial charge is 0.344 e. The molecule has 1 spiro atoms. The number of urea groups is 1. The molecule has 2 N–H and O–H groups in total. The first kappa shape index (κ1) is 23.0. The van der Waals surface area contributed by atoms with Gasteiger partial charge >= 0.3 is 6.03 Å². The van der Waals surface area contributed by atoms with Crippen LogP contribution in [0.4, 0.5) is 9.18 Å². The highest BCUT2D eigenvalue weighted by Crippen LogP contribution is 2.35. The number of nitrogens with zero attached hydrogens (tertiary/aromatic N) is 3. The zero-order valence-corrected chi connectivity index (χ0v) is 19.0. The van der Waals surface area contributed by atoms with Crippen LogP contribution in [-0.2, 0) is 9.59 Å². The third-order valence-electron chi connectivity index (χ3n) is 5.75. The zero-order chi connectivity index (χ0) is 23.6. The number of rotatable bonds is 7. The van der Waals surface area contributed by atoms with Gasteiger partial charge in [0.1, 0.15) is 17.1 Å². The second-order valence-corrected chi connectivity index (χ2v) is 9.21. The minimum Gasteiger partial charge on any atom is -0.481 e. The van der Waals surface area contributed by atoms with E-state index in [9.17, 15) is 18.8 Å². The van der Waals surface area contributed by atoms with Crippen LogP contribution in [0.2, 0.25) is 0 Å². The lowest BCUT2D eigenvalue weighted by molar-refractivity contribution is -0.139. The number of ether oxygens (including phenoxy) is 1. The molecule has 1 aliphatic heterocycles. The summed E-state index contributed by atoms with van der Waals surface area (Å²) in [6.07, 6.45) is 2.20. The van der Waals surface area contributed by atoms with Crippen LogP contribution in [-0.4, -0.2) is 44.3 Å². The Morgan fingerprint density at radius 3 is 2.73 bits per heavy atom. The molecule has 4 rings (SSSR count). The minimum atomic E-state index is -0.925. The predicted molar refractivity (Wildman–Crippen MR) is 114 cm³/mol. The van der Waals surface area contributed by atoms with E-state index in [1.54, 1.807) is 6.92 Å². The maximum absolute atomic E-state index is 13.0. The topological polar surface area (TPSA) is 127 Å².